The first kappa shape index (κ1) is 10.8. The Morgan fingerprint density at radius 3 is 2.86 bits per heavy atom. The molecule has 0 spiro atoms. The molecule has 0 aliphatic rings. The van der Waals surface area contributed by atoms with Crippen LogP contribution in [0.1, 0.15) is 5.82 Å². The summed E-state index contributed by atoms with van der Waals surface area (Å²) in [7, 11) is 1.87. The van der Waals surface area contributed by atoms with Crippen LogP contribution in [0.15, 0.2) is 18.2 Å². The number of hydrogen-bond acceptors (Lipinski definition) is 3. The summed E-state index contributed by atoms with van der Waals surface area (Å²) < 4.78 is 1.86. The number of nitrogens with two attached hydrogens (primary N) is 1. The molecule has 1 aromatic carbocycles. The zero-order valence-electron chi connectivity index (χ0n) is 7.77. The fourth-order valence-electron chi connectivity index (χ4n) is 1.41. The Hall–Kier alpha value is -1.26. The number of fused-ring (bicyclic) bond motifs is 1. The molecule has 4 nitrogen and oxygen atoms in total. The van der Waals surface area contributed by atoms with Crippen molar-refractivity contribution in [2.45, 2.75) is 6.61 Å². The summed E-state index contributed by atoms with van der Waals surface area (Å²) in [5, 5.41) is 8.97. The quantitative estimate of drug-likeness (QED) is 0.697. The normalized spacial score (nSPS) is 10.1. The molecule has 0 fully saturated rings. The average molecular weight is 214 g/mol. The molecule has 0 bridgehead atoms. The average Bonchev–Trinajstić information content (AvgIpc) is 2.42. The minimum atomic E-state index is -0.0505. The van der Waals surface area contributed by atoms with E-state index in [9.17, 15) is 0 Å². The van der Waals surface area contributed by atoms with Crippen LogP contribution in [-0.4, -0.2) is 14.7 Å². The summed E-state index contributed by atoms with van der Waals surface area (Å²) in [4.78, 5) is 4.22. The first-order chi connectivity index (χ1) is 6.22. The van der Waals surface area contributed by atoms with Crippen LogP contribution < -0.4 is 5.73 Å². The highest BCUT2D eigenvalue weighted by molar-refractivity contribution is 5.85. The number of rotatable bonds is 1. The van der Waals surface area contributed by atoms with Gasteiger partial charge in [-0.2, -0.15) is 0 Å². The van der Waals surface area contributed by atoms with Gasteiger partial charge in [-0.1, -0.05) is 0 Å². The van der Waals surface area contributed by atoms with Crippen molar-refractivity contribution in [3.05, 3.63) is 24.0 Å². The van der Waals surface area contributed by atoms with Crippen molar-refractivity contribution >= 4 is 29.1 Å². The molecule has 0 saturated carbocycles. The third-order valence-electron chi connectivity index (χ3n) is 2.14. The number of aliphatic hydroxyl groups is 1. The zero-order chi connectivity index (χ0) is 9.42. The van der Waals surface area contributed by atoms with Gasteiger partial charge in [0.2, 0.25) is 0 Å². The molecule has 0 aliphatic carbocycles. The number of nitrogens with zero attached hydrogens (tertiary/aromatic N) is 2. The Labute approximate surface area is 87.8 Å². The van der Waals surface area contributed by atoms with Gasteiger partial charge >= 0.3 is 0 Å². The predicted molar refractivity (Wildman–Crippen MR) is 58.3 cm³/mol. The predicted octanol–water partition coefficient (Wildman–Crippen LogP) is 1.07. The minimum absolute atomic E-state index is 0. The van der Waals surface area contributed by atoms with Crippen molar-refractivity contribution < 1.29 is 5.11 Å². The first-order valence-corrected chi connectivity index (χ1v) is 4.04. The van der Waals surface area contributed by atoms with Crippen LogP contribution in [0.2, 0.25) is 0 Å². The maximum Gasteiger partial charge on any atom is 0.135 e. The number of benzene rings is 1. The van der Waals surface area contributed by atoms with Crippen LogP contribution in [0.5, 0.6) is 0 Å². The van der Waals surface area contributed by atoms with E-state index in [1.165, 1.54) is 0 Å². The first-order valence-electron chi connectivity index (χ1n) is 4.04. The lowest BCUT2D eigenvalue weighted by molar-refractivity contribution is 0.268. The highest BCUT2D eigenvalue weighted by Crippen LogP contribution is 2.17. The summed E-state index contributed by atoms with van der Waals surface area (Å²) in [5.41, 5.74) is 8.11. The zero-order valence-corrected chi connectivity index (χ0v) is 8.58. The third-order valence-corrected chi connectivity index (χ3v) is 2.14. The van der Waals surface area contributed by atoms with E-state index in [1.54, 1.807) is 6.07 Å². The molecule has 2 rings (SSSR count). The van der Waals surface area contributed by atoms with E-state index in [0.29, 0.717) is 11.5 Å². The summed E-state index contributed by atoms with van der Waals surface area (Å²) in [6.07, 6.45) is 0. The molecular formula is C9H12ClN3O. The van der Waals surface area contributed by atoms with Crippen molar-refractivity contribution in [3.8, 4) is 0 Å². The van der Waals surface area contributed by atoms with Crippen molar-refractivity contribution in [2.75, 3.05) is 5.73 Å². The van der Waals surface area contributed by atoms with Crippen LogP contribution in [0.25, 0.3) is 11.0 Å². The van der Waals surface area contributed by atoms with Crippen LogP contribution in [0, 0.1) is 0 Å². The van der Waals surface area contributed by atoms with E-state index >= 15 is 0 Å². The second-order valence-electron chi connectivity index (χ2n) is 2.99. The molecule has 1 aromatic heterocycles. The number of imidazole rings is 1. The molecule has 14 heavy (non-hydrogen) atoms. The molecule has 1 heterocycles. The lowest BCUT2D eigenvalue weighted by Crippen LogP contribution is -1.96. The summed E-state index contributed by atoms with van der Waals surface area (Å²) >= 11 is 0. The number of hydrogen-bond donors (Lipinski definition) is 2. The number of aliphatic hydroxyl groups excluding tert-OH is 1. The van der Waals surface area contributed by atoms with Crippen LogP contribution >= 0.6 is 12.4 Å². The van der Waals surface area contributed by atoms with Crippen molar-refractivity contribution in [3.63, 3.8) is 0 Å². The van der Waals surface area contributed by atoms with Gasteiger partial charge in [0.1, 0.15) is 12.4 Å². The van der Waals surface area contributed by atoms with Gasteiger partial charge in [0.25, 0.3) is 0 Å². The fraction of sp³-hybridized carbons (Fsp3) is 0.222. The highest BCUT2D eigenvalue weighted by Gasteiger charge is 2.05. The number of anilines is 1. The maximum atomic E-state index is 8.97. The van der Waals surface area contributed by atoms with Crippen LogP contribution in [0.4, 0.5) is 5.69 Å². The molecule has 76 valence electrons. The van der Waals surface area contributed by atoms with Gasteiger partial charge in [-0.3, -0.25) is 0 Å². The third kappa shape index (κ3) is 1.54. The maximum absolute atomic E-state index is 8.97. The van der Waals surface area contributed by atoms with Gasteiger partial charge in [0.15, 0.2) is 0 Å². The Bertz CT molecular complexity index is 452. The van der Waals surface area contributed by atoms with Gasteiger partial charge in [-0.25, -0.2) is 4.98 Å². The van der Waals surface area contributed by atoms with Crippen molar-refractivity contribution in [1.29, 1.82) is 0 Å². The summed E-state index contributed by atoms with van der Waals surface area (Å²) in [5.74, 6) is 0.653. The van der Waals surface area contributed by atoms with Crippen LogP contribution in [-0.2, 0) is 13.7 Å². The van der Waals surface area contributed by atoms with E-state index < -0.39 is 0 Å². The number of aryl methyl sites for hydroxylation is 1. The second-order valence-corrected chi connectivity index (χ2v) is 2.99. The highest BCUT2D eigenvalue weighted by atomic mass is 35.5. The molecule has 0 radical (unpaired) electrons. The Morgan fingerprint density at radius 2 is 2.21 bits per heavy atom. The standard InChI is InChI=1S/C9H11N3O.ClH/c1-12-8-3-2-6(10)4-7(8)11-9(12)5-13;/h2-4,13H,5,10H2,1H3;1H. The largest absolute Gasteiger partial charge is 0.399 e. The Balaban J connectivity index is 0.000000980. The van der Waals surface area contributed by atoms with Gasteiger partial charge in [-0.05, 0) is 18.2 Å². The van der Waals surface area contributed by atoms with E-state index in [4.69, 9.17) is 10.8 Å². The Morgan fingerprint density at radius 1 is 1.50 bits per heavy atom. The fourth-order valence-corrected chi connectivity index (χ4v) is 1.41. The molecule has 0 atom stereocenters. The SMILES string of the molecule is Cl.Cn1c(CO)nc2cc(N)ccc21. The monoisotopic (exact) mass is 213 g/mol. The lowest BCUT2D eigenvalue weighted by Gasteiger charge is -1.97. The van der Waals surface area contributed by atoms with E-state index in [-0.39, 0.29) is 19.0 Å². The molecule has 0 aliphatic heterocycles. The Kier molecular flexibility index (Phi) is 2.98. The molecular weight excluding hydrogens is 202 g/mol. The smallest absolute Gasteiger partial charge is 0.135 e. The molecule has 3 N–H and O–H groups in total. The van der Waals surface area contributed by atoms with Crippen molar-refractivity contribution in [2.24, 2.45) is 7.05 Å². The second kappa shape index (κ2) is 3.86. The molecule has 5 heteroatoms. The topological polar surface area (TPSA) is 64.1 Å². The molecule has 0 amide bonds. The van der Waals surface area contributed by atoms with Gasteiger partial charge in [-0.15, -0.1) is 12.4 Å². The van der Waals surface area contributed by atoms with Gasteiger partial charge < -0.3 is 15.4 Å². The molecule has 0 saturated heterocycles. The summed E-state index contributed by atoms with van der Waals surface area (Å²) in [6.45, 7) is -0.0505. The van der Waals surface area contributed by atoms with Crippen LogP contribution in [0.3, 0.4) is 0 Å². The van der Waals surface area contributed by atoms with E-state index in [2.05, 4.69) is 4.98 Å². The van der Waals surface area contributed by atoms with E-state index in [1.807, 2.05) is 23.7 Å². The van der Waals surface area contributed by atoms with E-state index in [0.717, 1.165) is 11.0 Å². The number of aromatic nitrogens is 2. The molecule has 0 unspecified atom stereocenters. The van der Waals surface area contributed by atoms with Gasteiger partial charge in [0, 0.05) is 12.7 Å². The minimum Gasteiger partial charge on any atom is -0.399 e. The van der Waals surface area contributed by atoms with Gasteiger partial charge in [0.05, 0.1) is 11.0 Å². The summed E-state index contributed by atoms with van der Waals surface area (Å²) in [6, 6.07) is 5.52. The van der Waals surface area contributed by atoms with Crippen molar-refractivity contribution in [1.82, 2.24) is 9.55 Å². The molecule has 2 aromatic rings. The number of halogens is 1. The number of nitrogen functional groups attached to an aromatic ring is 1. The lowest BCUT2D eigenvalue weighted by atomic mass is 10.3.